The van der Waals surface area contributed by atoms with Gasteiger partial charge in [0.25, 0.3) is 0 Å². The molecular formula is C13H21BrO2Si. The van der Waals surface area contributed by atoms with Gasteiger partial charge in [0.15, 0.2) is 0 Å². The van der Waals surface area contributed by atoms with Crippen molar-refractivity contribution in [3.8, 4) is 11.5 Å². The molecule has 0 heterocycles. The highest BCUT2D eigenvalue weighted by Gasteiger charge is 2.23. The summed E-state index contributed by atoms with van der Waals surface area (Å²) in [4.78, 5) is 0. The van der Waals surface area contributed by atoms with Crippen molar-refractivity contribution in [1.29, 1.82) is 0 Å². The number of hydrogen-bond acceptors (Lipinski definition) is 2. The molecular weight excluding hydrogens is 296 g/mol. The van der Waals surface area contributed by atoms with Crippen molar-refractivity contribution in [2.45, 2.75) is 57.5 Å². The minimum absolute atomic E-state index is 0.839. The van der Waals surface area contributed by atoms with Gasteiger partial charge in [0.1, 0.15) is 20.3 Å². The average Bonchev–Trinajstić information content (AvgIpc) is 2.24. The molecule has 0 unspecified atom stereocenters. The summed E-state index contributed by atoms with van der Waals surface area (Å²) < 4.78 is 1.05. The molecule has 0 amide bonds. The van der Waals surface area contributed by atoms with Crippen molar-refractivity contribution in [2.24, 2.45) is 0 Å². The topological polar surface area (TPSA) is 40.5 Å². The number of aliphatic hydroxyl groups is 2. The molecule has 2 atom stereocenters. The summed E-state index contributed by atoms with van der Waals surface area (Å²) in [5.74, 6) is 2.80. The summed E-state index contributed by atoms with van der Waals surface area (Å²) >= 11 is 3.48. The number of aliphatic hydroxyl groups excluding tert-OH is 2. The van der Waals surface area contributed by atoms with Crippen molar-refractivity contribution >= 4 is 24.0 Å². The Morgan fingerprint density at radius 1 is 1.18 bits per heavy atom. The van der Waals surface area contributed by atoms with Crippen LogP contribution in [0, 0.1) is 11.5 Å². The van der Waals surface area contributed by atoms with E-state index in [0.29, 0.717) is 0 Å². The summed E-state index contributed by atoms with van der Waals surface area (Å²) in [6.07, 6.45) is 2.24. The Bertz CT molecular complexity index is 360. The van der Waals surface area contributed by atoms with Crippen LogP contribution < -0.4 is 0 Å². The van der Waals surface area contributed by atoms with Gasteiger partial charge in [0.2, 0.25) is 0 Å². The number of halogens is 1. The van der Waals surface area contributed by atoms with E-state index in [2.05, 4.69) is 47.0 Å². The standard InChI is InChI=1S/C13H21BrO2Si/c1-17(2,3)9-8-12(15)13(16)10-6-4-5-7-11(10)14/h12-13,15-16H,4-7H2,1-3H3/t12-,13+/m0/s1. The Balaban J connectivity index is 2.75. The molecule has 0 saturated heterocycles. The molecule has 2 nitrogen and oxygen atoms in total. The third kappa shape index (κ3) is 4.97. The summed E-state index contributed by atoms with van der Waals surface area (Å²) in [6, 6.07) is 0. The van der Waals surface area contributed by atoms with Gasteiger partial charge in [-0.25, -0.2) is 0 Å². The number of rotatable bonds is 2. The average molecular weight is 317 g/mol. The fourth-order valence-corrected chi connectivity index (χ4v) is 3.05. The van der Waals surface area contributed by atoms with Gasteiger partial charge in [0.05, 0.1) is 0 Å². The highest BCUT2D eigenvalue weighted by atomic mass is 79.9. The predicted molar refractivity (Wildman–Crippen MR) is 77.6 cm³/mol. The van der Waals surface area contributed by atoms with E-state index in [9.17, 15) is 10.2 Å². The van der Waals surface area contributed by atoms with Crippen LogP contribution in [0.3, 0.4) is 0 Å². The van der Waals surface area contributed by atoms with Crippen LogP contribution in [-0.2, 0) is 0 Å². The first-order chi connectivity index (χ1) is 7.81. The van der Waals surface area contributed by atoms with Gasteiger partial charge >= 0.3 is 0 Å². The zero-order valence-electron chi connectivity index (χ0n) is 10.8. The Kier molecular flexibility index (Phi) is 5.45. The van der Waals surface area contributed by atoms with Crippen LogP contribution >= 0.6 is 15.9 Å². The van der Waals surface area contributed by atoms with Gasteiger partial charge in [-0.15, -0.1) is 5.54 Å². The first-order valence-electron chi connectivity index (χ1n) is 6.07. The summed E-state index contributed by atoms with van der Waals surface area (Å²) in [5, 5.41) is 20.0. The maximum absolute atomic E-state index is 10.1. The fraction of sp³-hybridized carbons (Fsp3) is 0.692. The summed E-state index contributed by atoms with van der Waals surface area (Å²) in [7, 11) is -1.49. The molecule has 0 aliphatic heterocycles. The molecule has 17 heavy (non-hydrogen) atoms. The zero-order valence-corrected chi connectivity index (χ0v) is 13.3. The molecule has 0 saturated carbocycles. The van der Waals surface area contributed by atoms with E-state index >= 15 is 0 Å². The molecule has 0 bridgehead atoms. The highest BCUT2D eigenvalue weighted by Crippen LogP contribution is 2.31. The van der Waals surface area contributed by atoms with Crippen LogP contribution in [-0.4, -0.2) is 30.5 Å². The maximum Gasteiger partial charge on any atom is 0.143 e. The second-order valence-electron chi connectivity index (χ2n) is 5.55. The Morgan fingerprint density at radius 3 is 2.29 bits per heavy atom. The van der Waals surface area contributed by atoms with Crippen LogP contribution in [0.2, 0.25) is 19.6 Å². The first kappa shape index (κ1) is 15.0. The van der Waals surface area contributed by atoms with Crippen molar-refractivity contribution in [1.82, 2.24) is 0 Å². The van der Waals surface area contributed by atoms with Crippen LogP contribution in [0.5, 0.6) is 0 Å². The van der Waals surface area contributed by atoms with E-state index in [-0.39, 0.29) is 0 Å². The fourth-order valence-electron chi connectivity index (χ4n) is 1.76. The molecule has 0 spiro atoms. The smallest absolute Gasteiger partial charge is 0.143 e. The monoisotopic (exact) mass is 316 g/mol. The van der Waals surface area contributed by atoms with Gasteiger partial charge in [-0.05, 0) is 35.7 Å². The summed E-state index contributed by atoms with van der Waals surface area (Å²) in [5.41, 5.74) is 4.02. The SMILES string of the molecule is C[Si](C)(C)C#C[C@H](O)[C@H](O)C1=C(Br)CCCC1. The van der Waals surface area contributed by atoms with E-state index in [1.165, 1.54) is 0 Å². The van der Waals surface area contributed by atoms with E-state index < -0.39 is 20.3 Å². The van der Waals surface area contributed by atoms with E-state index in [1.54, 1.807) is 0 Å². The van der Waals surface area contributed by atoms with Crippen LogP contribution in [0.4, 0.5) is 0 Å². The van der Waals surface area contributed by atoms with Crippen molar-refractivity contribution in [3.63, 3.8) is 0 Å². The first-order valence-corrected chi connectivity index (χ1v) is 10.4. The third-order valence-electron chi connectivity index (χ3n) is 2.69. The number of allylic oxidation sites excluding steroid dienone is 1. The van der Waals surface area contributed by atoms with Crippen LogP contribution in [0.25, 0.3) is 0 Å². The molecule has 2 N–H and O–H groups in total. The molecule has 0 fully saturated rings. The lowest BCUT2D eigenvalue weighted by Gasteiger charge is -2.23. The molecule has 1 aliphatic carbocycles. The molecule has 0 aromatic heterocycles. The molecule has 0 aromatic carbocycles. The second-order valence-corrected chi connectivity index (χ2v) is 11.3. The zero-order chi connectivity index (χ0) is 13.1. The quantitative estimate of drug-likeness (QED) is 0.607. The maximum atomic E-state index is 10.1. The van der Waals surface area contributed by atoms with Gasteiger partial charge < -0.3 is 10.2 Å². The molecule has 0 aromatic rings. The van der Waals surface area contributed by atoms with Gasteiger partial charge in [0, 0.05) is 0 Å². The van der Waals surface area contributed by atoms with E-state index in [4.69, 9.17) is 0 Å². The lowest BCUT2D eigenvalue weighted by atomic mass is 9.93. The van der Waals surface area contributed by atoms with Gasteiger partial charge in [-0.3, -0.25) is 0 Å². The van der Waals surface area contributed by atoms with Crippen molar-refractivity contribution < 1.29 is 10.2 Å². The van der Waals surface area contributed by atoms with Crippen molar-refractivity contribution in [2.75, 3.05) is 0 Å². The van der Waals surface area contributed by atoms with Crippen LogP contribution in [0.1, 0.15) is 25.7 Å². The highest BCUT2D eigenvalue weighted by molar-refractivity contribution is 9.11. The molecule has 1 rings (SSSR count). The predicted octanol–water partition coefficient (Wildman–Crippen LogP) is 2.81. The minimum atomic E-state index is -1.49. The lowest BCUT2D eigenvalue weighted by molar-refractivity contribution is 0.0756. The largest absolute Gasteiger partial charge is 0.385 e. The molecule has 1 aliphatic rings. The second kappa shape index (κ2) is 6.19. The van der Waals surface area contributed by atoms with Gasteiger partial charge in [-0.1, -0.05) is 41.5 Å². The van der Waals surface area contributed by atoms with E-state index in [1.807, 2.05) is 0 Å². The van der Waals surface area contributed by atoms with Gasteiger partial charge in [-0.2, -0.15) is 0 Å². The molecule has 4 heteroatoms. The summed E-state index contributed by atoms with van der Waals surface area (Å²) in [6.45, 7) is 6.36. The number of hydrogen-bond donors (Lipinski definition) is 2. The Morgan fingerprint density at radius 2 is 1.76 bits per heavy atom. The Hall–Kier alpha value is -0.0831. The molecule has 96 valence electrons. The van der Waals surface area contributed by atoms with Crippen molar-refractivity contribution in [3.05, 3.63) is 10.1 Å². The van der Waals surface area contributed by atoms with Crippen LogP contribution in [0.15, 0.2) is 10.1 Å². The molecule has 0 radical (unpaired) electrons. The lowest BCUT2D eigenvalue weighted by Crippen LogP contribution is -2.29. The Labute approximate surface area is 113 Å². The normalized spacial score (nSPS) is 20.6. The van der Waals surface area contributed by atoms with E-state index in [0.717, 1.165) is 35.7 Å². The third-order valence-corrected chi connectivity index (χ3v) is 4.49. The minimum Gasteiger partial charge on any atom is -0.385 e.